The van der Waals surface area contributed by atoms with Crippen molar-refractivity contribution in [2.45, 2.75) is 38.6 Å². The van der Waals surface area contributed by atoms with Crippen LogP contribution in [0.4, 0.5) is 0 Å². The number of carboxylic acids is 2. The van der Waals surface area contributed by atoms with Gasteiger partial charge in [0.2, 0.25) is 10.0 Å². The summed E-state index contributed by atoms with van der Waals surface area (Å²) in [5.74, 6) is -4.04. The molecule has 0 fully saturated rings. The zero-order chi connectivity index (χ0) is 55.5. The van der Waals surface area contributed by atoms with E-state index in [-0.39, 0.29) is 86.7 Å². The number of para-hydroxylation sites is 3. The van der Waals surface area contributed by atoms with Crippen LogP contribution in [-0.2, 0) is 19.6 Å². The molecule has 8 rings (SSSR count). The van der Waals surface area contributed by atoms with Crippen LogP contribution in [0.2, 0.25) is 0 Å². The van der Waals surface area contributed by atoms with Crippen LogP contribution >= 0.6 is 0 Å². The maximum absolute atomic E-state index is 12.4. The van der Waals surface area contributed by atoms with Gasteiger partial charge in [0.15, 0.2) is 0 Å². The molecule has 6 aromatic carbocycles. The fourth-order valence-corrected chi connectivity index (χ4v) is 8.17. The molecule has 0 spiro atoms. The lowest BCUT2D eigenvalue weighted by atomic mass is 10.1. The highest BCUT2D eigenvalue weighted by atomic mass is 32.2. The summed E-state index contributed by atoms with van der Waals surface area (Å²) in [5, 5.41) is 47.1. The second-order valence-electron chi connectivity index (χ2n) is 16.3. The van der Waals surface area contributed by atoms with Gasteiger partial charge in [-0.2, -0.15) is 0 Å². The molecule has 0 unspecified atom stereocenters. The van der Waals surface area contributed by atoms with E-state index in [1.54, 1.807) is 60.7 Å². The molecular weight excluding hydrogens is 1020 g/mol. The molecule has 22 heteroatoms. The lowest BCUT2D eigenvalue weighted by Gasteiger charge is -2.15. The maximum atomic E-state index is 12.4. The van der Waals surface area contributed by atoms with Gasteiger partial charge in [-0.1, -0.05) is 80.2 Å². The summed E-state index contributed by atoms with van der Waals surface area (Å²) in [6.45, 7) is 3.75. The van der Waals surface area contributed by atoms with E-state index < -0.39 is 51.6 Å². The van der Waals surface area contributed by atoms with Crippen molar-refractivity contribution in [3.63, 3.8) is 0 Å². The van der Waals surface area contributed by atoms with Crippen LogP contribution in [0.5, 0.6) is 23.0 Å². The highest BCUT2D eigenvalue weighted by Gasteiger charge is 2.35. The van der Waals surface area contributed by atoms with Crippen LogP contribution in [0.1, 0.15) is 87.1 Å². The highest BCUT2D eigenvalue weighted by Crippen LogP contribution is 2.25. The molecule has 0 saturated carbocycles. The molecule has 5 amide bonds. The number of aromatic carboxylic acids is 1. The van der Waals surface area contributed by atoms with Gasteiger partial charge in [0.05, 0.1) is 64.9 Å². The monoisotopic (exact) mass is 1080 g/mol. The average molecular weight is 1080 g/mol. The van der Waals surface area contributed by atoms with Crippen molar-refractivity contribution in [3.05, 3.63) is 184 Å². The number of aliphatic carboxylic acids is 1. The molecule has 1 atom stereocenters. The molecule has 7 N–H and O–H groups in total. The summed E-state index contributed by atoms with van der Waals surface area (Å²) >= 11 is 0. The van der Waals surface area contributed by atoms with E-state index in [0.717, 1.165) is 40.0 Å². The van der Waals surface area contributed by atoms with E-state index in [2.05, 4.69) is 10.0 Å². The zero-order valence-corrected chi connectivity index (χ0v) is 41.6. The second-order valence-corrected chi connectivity index (χ2v) is 18.0. The van der Waals surface area contributed by atoms with Gasteiger partial charge in [0.25, 0.3) is 29.5 Å². The fraction of sp³-hybridized carbons (Fsp3) is 0.200. The Morgan fingerprint density at radius 3 is 1.57 bits per heavy atom. The highest BCUT2D eigenvalue weighted by molar-refractivity contribution is 7.89. The van der Waals surface area contributed by atoms with E-state index in [1.165, 1.54) is 23.1 Å². The number of imide groups is 2. The number of fused-ring (bicyclic) bond motifs is 2. The predicted octanol–water partition coefficient (Wildman–Crippen LogP) is 5.50. The van der Waals surface area contributed by atoms with Gasteiger partial charge >= 0.3 is 11.9 Å². The Labute approximate surface area is 443 Å². The van der Waals surface area contributed by atoms with Crippen molar-refractivity contribution in [3.8, 4) is 23.0 Å². The number of β-amino-alcohol motifs (C(OH)–C–C–N with tert-alkyl or cyclic N) is 1. The minimum Gasteiger partial charge on any atom is -0.508 e. The van der Waals surface area contributed by atoms with Crippen molar-refractivity contribution >= 4 is 57.8 Å². The summed E-state index contributed by atoms with van der Waals surface area (Å²) in [4.78, 5) is 94.6. The fourth-order valence-electron chi connectivity index (χ4n) is 7.13. The number of phenolic OH excluding ortho intramolecular Hbond substituents is 1. The number of aliphatic hydroxyl groups excluding tert-OH is 1. The number of ether oxygens (including phenoxy) is 2. The standard InChI is InChI=1S/C20H20N2O10S.C17H15NO3.C10H9NO3.C7H8O.CH4/c23-11-12(9-18(25)26)22-19(27)14-3-1-2-4-17(14)32-8-7-21-33(30,31)13-5-6-16(24)15(10-13)20(28)29;1-12-6-2-5-9-15(12)21-11-10-18-16(19)13-7-3-4-8-14(13)17(18)20;12-6-5-11-9(13)7-3-1-2-4-8(7)10(11)14;1-6-4-2-3-5-7(6)8;/h1-6,10-12,21,24H,7-9H2,(H,22,27)(H,25,26)(H,28,29);2-9H,10-11H2,1H3;1-4,12H,5-6H2;2-5,8H,1H3;1H4/t12-;;;;/m0..../s1. The molecule has 0 saturated heterocycles. The smallest absolute Gasteiger partial charge is 0.339 e. The quantitative estimate of drug-likeness (QED) is 0.0317. The molecule has 404 valence electrons. The number of aliphatic hydroxyl groups is 1. The van der Waals surface area contributed by atoms with Gasteiger partial charge in [-0.25, -0.2) is 17.9 Å². The van der Waals surface area contributed by atoms with Crippen LogP contribution in [-0.4, -0.2) is 137 Å². The Balaban J connectivity index is 0.000000246. The Hall–Kier alpha value is -9.25. The van der Waals surface area contributed by atoms with Crippen molar-refractivity contribution in [2.75, 3.05) is 39.5 Å². The van der Waals surface area contributed by atoms with E-state index in [0.29, 0.717) is 34.3 Å². The zero-order valence-electron chi connectivity index (χ0n) is 40.8. The number of nitrogens with one attached hydrogen (secondary N) is 2. The van der Waals surface area contributed by atoms with Gasteiger partial charge in [-0.3, -0.25) is 38.6 Å². The van der Waals surface area contributed by atoms with E-state index >= 15 is 0 Å². The van der Waals surface area contributed by atoms with Crippen molar-refractivity contribution in [2.24, 2.45) is 0 Å². The number of carboxylic acid groups (broad SMARTS) is 2. The van der Waals surface area contributed by atoms with Gasteiger partial charge in [0, 0.05) is 6.54 Å². The number of hydrogen-bond acceptors (Lipinski definition) is 15. The van der Waals surface area contributed by atoms with Crippen molar-refractivity contribution in [1.82, 2.24) is 19.8 Å². The first-order chi connectivity index (χ1) is 36.3. The van der Waals surface area contributed by atoms with Gasteiger partial charge in [-0.05, 0) is 91.7 Å². The lowest BCUT2D eigenvalue weighted by Crippen LogP contribution is -2.37. The van der Waals surface area contributed by atoms with Crippen LogP contribution in [0, 0.1) is 13.8 Å². The largest absolute Gasteiger partial charge is 0.508 e. The Kier molecular flexibility index (Phi) is 22.3. The van der Waals surface area contributed by atoms with Crippen molar-refractivity contribution < 1.29 is 81.8 Å². The topological polar surface area (TPSA) is 321 Å². The first-order valence-electron chi connectivity index (χ1n) is 23.0. The number of carbonyl (C=O) groups is 8. The molecule has 77 heavy (non-hydrogen) atoms. The number of amides is 5. The summed E-state index contributed by atoms with van der Waals surface area (Å²) in [6.07, 6.45) is -0.301. The summed E-state index contributed by atoms with van der Waals surface area (Å²) in [5.41, 5.74) is 3.16. The van der Waals surface area contributed by atoms with Crippen LogP contribution in [0.25, 0.3) is 0 Å². The Morgan fingerprint density at radius 2 is 1.09 bits per heavy atom. The molecule has 2 heterocycles. The molecule has 6 aromatic rings. The lowest BCUT2D eigenvalue weighted by molar-refractivity contribution is -0.138. The first-order valence-corrected chi connectivity index (χ1v) is 24.5. The van der Waals surface area contributed by atoms with E-state index in [4.69, 9.17) is 29.9 Å². The maximum Gasteiger partial charge on any atom is 0.339 e. The minimum atomic E-state index is -4.12. The first kappa shape index (κ1) is 60.3. The van der Waals surface area contributed by atoms with Gasteiger partial charge in [-0.15, -0.1) is 0 Å². The number of benzene rings is 6. The minimum absolute atomic E-state index is 0. The van der Waals surface area contributed by atoms with Crippen LogP contribution < -0.4 is 19.5 Å². The van der Waals surface area contributed by atoms with Gasteiger partial charge in [0.1, 0.15) is 48.1 Å². The molecule has 0 radical (unpaired) electrons. The van der Waals surface area contributed by atoms with Crippen LogP contribution in [0.3, 0.4) is 0 Å². The second kappa shape index (κ2) is 28.4. The number of aromatic hydroxyl groups is 2. The SMILES string of the molecule is C.Cc1ccccc1O.Cc1ccccc1OCCN1C(=O)c2ccccc2C1=O.O=C1c2ccccc2C(=O)N1CCO.O=C[C@H](CC(=O)O)NC(=O)c1ccccc1OCCNS(=O)(=O)c1ccc(O)c(C(=O)O)c1. The van der Waals surface area contributed by atoms with Crippen LogP contribution in [0.15, 0.2) is 144 Å². The number of aryl methyl sites for hydroxylation is 2. The summed E-state index contributed by atoms with van der Waals surface area (Å²) in [7, 11) is -4.12. The van der Waals surface area contributed by atoms with E-state index in [9.17, 15) is 51.9 Å². The molecular formula is C55H56N4O17S. The molecule has 21 nitrogen and oxygen atoms in total. The number of sulfonamides is 1. The third kappa shape index (κ3) is 16.1. The van der Waals surface area contributed by atoms with Crippen molar-refractivity contribution in [1.29, 1.82) is 0 Å². The number of carbonyl (C=O) groups excluding carboxylic acids is 6. The number of phenols is 2. The number of aldehydes is 1. The summed E-state index contributed by atoms with van der Waals surface area (Å²) in [6, 6.07) is 35.9. The number of rotatable bonds is 18. The Morgan fingerprint density at radius 1 is 0.610 bits per heavy atom. The average Bonchev–Trinajstić information content (AvgIpc) is 3.81. The molecule has 2 aliphatic heterocycles. The third-order valence-electron chi connectivity index (χ3n) is 11.0. The van der Waals surface area contributed by atoms with Gasteiger partial charge < -0.3 is 45.1 Å². The summed E-state index contributed by atoms with van der Waals surface area (Å²) < 4.78 is 38.0. The third-order valence-corrected chi connectivity index (χ3v) is 12.5. The molecule has 2 aliphatic rings. The number of hydrogen-bond donors (Lipinski definition) is 7. The van der Waals surface area contributed by atoms with E-state index in [1.807, 2.05) is 56.3 Å². The molecule has 0 aliphatic carbocycles. The predicted molar refractivity (Wildman–Crippen MR) is 279 cm³/mol. The normalized spacial score (nSPS) is 12.4. The molecule has 0 bridgehead atoms. The molecule has 0 aromatic heterocycles. The number of nitrogens with zero attached hydrogens (tertiary/aromatic N) is 2. The Bertz CT molecular complexity index is 3150.